The predicted octanol–water partition coefficient (Wildman–Crippen LogP) is 4.00. The van der Waals surface area contributed by atoms with E-state index in [0.717, 1.165) is 27.6 Å². The van der Waals surface area contributed by atoms with Gasteiger partial charge in [-0.2, -0.15) is 13.2 Å². The fourth-order valence-electron chi connectivity index (χ4n) is 2.06. The van der Waals surface area contributed by atoms with Crippen molar-refractivity contribution < 1.29 is 13.2 Å². The molecule has 0 aliphatic heterocycles. The van der Waals surface area contributed by atoms with Crippen molar-refractivity contribution in [3.05, 3.63) is 51.5 Å². The maximum atomic E-state index is 12.5. The van der Waals surface area contributed by atoms with Crippen molar-refractivity contribution in [2.75, 3.05) is 13.6 Å². The highest BCUT2D eigenvalue weighted by atomic mass is 127. The number of benzene rings is 1. The van der Waals surface area contributed by atoms with Gasteiger partial charge in [-0.25, -0.2) is 4.98 Å². The second kappa shape index (κ2) is 9.95. The van der Waals surface area contributed by atoms with Gasteiger partial charge in [0, 0.05) is 24.7 Å². The van der Waals surface area contributed by atoms with E-state index in [0.29, 0.717) is 25.5 Å². The highest BCUT2D eigenvalue weighted by Crippen LogP contribution is 2.29. The third-order valence-electron chi connectivity index (χ3n) is 3.31. The molecule has 0 spiro atoms. The lowest BCUT2D eigenvalue weighted by molar-refractivity contribution is -0.137. The lowest BCUT2D eigenvalue weighted by Crippen LogP contribution is -2.37. The molecule has 2 aromatic rings. The van der Waals surface area contributed by atoms with Gasteiger partial charge in [-0.15, -0.1) is 35.3 Å². The van der Waals surface area contributed by atoms with Gasteiger partial charge in [0.1, 0.15) is 0 Å². The summed E-state index contributed by atoms with van der Waals surface area (Å²) in [6.07, 6.45) is -1.86. The summed E-state index contributed by atoms with van der Waals surface area (Å²) in [6, 6.07) is 5.21. The van der Waals surface area contributed by atoms with Crippen LogP contribution in [-0.2, 0) is 19.1 Å². The smallest absolute Gasteiger partial charge is 0.356 e. The topological polar surface area (TPSA) is 49.3 Å². The summed E-state index contributed by atoms with van der Waals surface area (Å²) < 4.78 is 37.5. The highest BCUT2D eigenvalue weighted by molar-refractivity contribution is 14.0. The van der Waals surface area contributed by atoms with Gasteiger partial charge in [0.2, 0.25) is 0 Å². The van der Waals surface area contributed by atoms with E-state index in [-0.39, 0.29) is 24.0 Å². The van der Waals surface area contributed by atoms with E-state index < -0.39 is 11.7 Å². The first-order chi connectivity index (χ1) is 11.4. The molecule has 0 radical (unpaired) electrons. The quantitative estimate of drug-likeness (QED) is 0.384. The van der Waals surface area contributed by atoms with E-state index in [2.05, 4.69) is 20.6 Å². The molecular weight excluding hydrogens is 464 g/mol. The summed E-state index contributed by atoms with van der Waals surface area (Å²) in [6.45, 7) is 3.16. The molecule has 138 valence electrons. The van der Waals surface area contributed by atoms with E-state index >= 15 is 0 Å². The summed E-state index contributed by atoms with van der Waals surface area (Å²) >= 11 is 1.62. The van der Waals surface area contributed by atoms with Crippen LogP contribution in [0.25, 0.3) is 0 Å². The number of guanidine groups is 1. The van der Waals surface area contributed by atoms with Crippen LogP contribution in [0.15, 0.2) is 35.5 Å². The molecule has 0 saturated heterocycles. The van der Waals surface area contributed by atoms with Crippen LogP contribution in [0.2, 0.25) is 0 Å². The number of aromatic nitrogens is 1. The van der Waals surface area contributed by atoms with Crippen LogP contribution >= 0.6 is 35.3 Å². The number of hydrogen-bond acceptors (Lipinski definition) is 3. The largest absolute Gasteiger partial charge is 0.416 e. The van der Waals surface area contributed by atoms with Gasteiger partial charge in [0.25, 0.3) is 0 Å². The Morgan fingerprint density at radius 3 is 2.40 bits per heavy atom. The third-order valence-corrected chi connectivity index (χ3v) is 4.22. The number of halogens is 4. The number of rotatable bonds is 5. The molecule has 0 bridgehead atoms. The summed E-state index contributed by atoms with van der Waals surface area (Å²) in [5, 5.41) is 7.33. The first-order valence-electron chi connectivity index (χ1n) is 7.40. The lowest BCUT2D eigenvalue weighted by Gasteiger charge is -2.11. The maximum Gasteiger partial charge on any atom is 0.416 e. The summed E-state index contributed by atoms with van der Waals surface area (Å²) in [7, 11) is 1.67. The number of aliphatic imine (C=N–C) groups is 1. The molecule has 25 heavy (non-hydrogen) atoms. The van der Waals surface area contributed by atoms with Crippen LogP contribution in [0.3, 0.4) is 0 Å². The number of nitrogens with zero attached hydrogens (tertiary/aromatic N) is 2. The summed E-state index contributed by atoms with van der Waals surface area (Å²) in [4.78, 5) is 9.41. The Bertz CT molecular complexity index is 683. The maximum absolute atomic E-state index is 12.5. The van der Waals surface area contributed by atoms with Gasteiger partial charge in [-0.1, -0.05) is 12.1 Å². The fourth-order valence-corrected chi connectivity index (χ4v) is 2.80. The second-order valence-electron chi connectivity index (χ2n) is 5.14. The number of nitrogens with one attached hydrogen (secondary N) is 2. The minimum absolute atomic E-state index is 0. The number of alkyl halides is 3. The average molecular weight is 484 g/mol. The van der Waals surface area contributed by atoms with Crippen LogP contribution < -0.4 is 10.6 Å². The molecule has 0 aliphatic rings. The fraction of sp³-hybridized carbons (Fsp3) is 0.375. The number of hydrogen-bond donors (Lipinski definition) is 2. The molecule has 0 atom stereocenters. The molecule has 0 saturated carbocycles. The first-order valence-corrected chi connectivity index (χ1v) is 8.22. The Morgan fingerprint density at radius 1 is 1.20 bits per heavy atom. The van der Waals surface area contributed by atoms with Crippen LogP contribution in [0.5, 0.6) is 0 Å². The van der Waals surface area contributed by atoms with Crippen molar-refractivity contribution >= 4 is 41.3 Å². The summed E-state index contributed by atoms with van der Waals surface area (Å²) in [5.74, 6) is 0.646. The van der Waals surface area contributed by atoms with E-state index in [4.69, 9.17) is 0 Å². The molecule has 0 aliphatic carbocycles. The normalized spacial score (nSPS) is 11.8. The highest BCUT2D eigenvalue weighted by Gasteiger charge is 2.29. The standard InChI is InChI=1S/C16H19F3N4S.HI/c1-11-22-9-14(24-11)10-23-15(20-2)21-8-7-12-3-5-13(6-4-12)16(17,18)19;/h3-6,9H,7-8,10H2,1-2H3,(H2,20,21,23);1H. The molecule has 2 N–H and O–H groups in total. The Labute approximate surface area is 166 Å². The average Bonchev–Trinajstić information content (AvgIpc) is 2.96. The zero-order valence-electron chi connectivity index (χ0n) is 13.9. The van der Waals surface area contributed by atoms with Crippen molar-refractivity contribution in [3.8, 4) is 0 Å². The van der Waals surface area contributed by atoms with Crippen LogP contribution in [-0.4, -0.2) is 24.5 Å². The molecule has 1 heterocycles. The van der Waals surface area contributed by atoms with Gasteiger partial charge in [-0.05, 0) is 31.0 Å². The molecule has 4 nitrogen and oxygen atoms in total. The lowest BCUT2D eigenvalue weighted by atomic mass is 10.1. The zero-order valence-corrected chi connectivity index (χ0v) is 17.0. The second-order valence-corrected chi connectivity index (χ2v) is 6.46. The zero-order chi connectivity index (χ0) is 17.6. The van der Waals surface area contributed by atoms with Crippen LogP contribution in [0.1, 0.15) is 21.0 Å². The molecule has 0 fully saturated rings. The molecule has 1 aromatic heterocycles. The van der Waals surface area contributed by atoms with Crippen molar-refractivity contribution in [3.63, 3.8) is 0 Å². The Balaban J connectivity index is 0.00000312. The molecule has 9 heteroatoms. The number of aryl methyl sites for hydroxylation is 1. The van der Waals surface area contributed by atoms with Gasteiger partial charge < -0.3 is 10.6 Å². The van der Waals surface area contributed by atoms with Crippen molar-refractivity contribution in [1.29, 1.82) is 0 Å². The SMILES string of the molecule is CN=C(NCCc1ccc(C(F)(F)F)cc1)NCc1cnc(C)s1.I. The summed E-state index contributed by atoms with van der Waals surface area (Å²) in [5.41, 5.74) is 0.209. The molecular formula is C16H20F3IN4S. The van der Waals surface area contributed by atoms with E-state index in [1.165, 1.54) is 12.1 Å². The minimum Gasteiger partial charge on any atom is -0.356 e. The van der Waals surface area contributed by atoms with Crippen molar-refractivity contribution in [1.82, 2.24) is 15.6 Å². The number of thiazole rings is 1. The molecule has 2 rings (SSSR count). The van der Waals surface area contributed by atoms with Gasteiger partial charge in [0.15, 0.2) is 5.96 Å². The van der Waals surface area contributed by atoms with E-state index in [9.17, 15) is 13.2 Å². The molecule has 0 amide bonds. The van der Waals surface area contributed by atoms with Crippen molar-refractivity contribution in [2.45, 2.75) is 26.1 Å². The van der Waals surface area contributed by atoms with Gasteiger partial charge in [-0.3, -0.25) is 4.99 Å². The van der Waals surface area contributed by atoms with Crippen LogP contribution in [0.4, 0.5) is 13.2 Å². The predicted molar refractivity (Wildman–Crippen MR) is 106 cm³/mol. The molecule has 1 aromatic carbocycles. The third kappa shape index (κ3) is 7.18. The minimum atomic E-state index is -4.29. The molecule has 0 unspecified atom stereocenters. The Kier molecular flexibility index (Phi) is 8.63. The van der Waals surface area contributed by atoms with E-state index in [1.54, 1.807) is 18.4 Å². The van der Waals surface area contributed by atoms with Gasteiger partial charge in [0.05, 0.1) is 17.1 Å². The Morgan fingerprint density at radius 2 is 1.88 bits per heavy atom. The van der Waals surface area contributed by atoms with Crippen molar-refractivity contribution in [2.24, 2.45) is 4.99 Å². The van der Waals surface area contributed by atoms with Crippen LogP contribution in [0, 0.1) is 6.92 Å². The monoisotopic (exact) mass is 484 g/mol. The van der Waals surface area contributed by atoms with Gasteiger partial charge >= 0.3 is 6.18 Å². The first kappa shape index (κ1) is 21.7. The van der Waals surface area contributed by atoms with E-state index in [1.807, 2.05) is 13.1 Å². The Hall–Kier alpha value is -1.36.